The van der Waals surface area contributed by atoms with Gasteiger partial charge in [-0.3, -0.25) is 4.79 Å². The van der Waals surface area contributed by atoms with Crippen molar-refractivity contribution in [3.05, 3.63) is 53.6 Å². The van der Waals surface area contributed by atoms with Crippen LogP contribution in [-0.2, 0) is 16.0 Å². The van der Waals surface area contributed by atoms with Crippen LogP contribution in [0.15, 0.2) is 42.5 Å². The third-order valence-corrected chi connectivity index (χ3v) is 12.4. The number of halogens is 1. The van der Waals surface area contributed by atoms with Gasteiger partial charge in [0.05, 0.1) is 31.0 Å². The first kappa shape index (κ1) is 45.0. The zero-order valence-electron chi connectivity index (χ0n) is 33.0. The minimum absolute atomic E-state index is 0.0326. The molecule has 0 heterocycles. The van der Waals surface area contributed by atoms with Gasteiger partial charge in [0.1, 0.15) is 5.75 Å². The summed E-state index contributed by atoms with van der Waals surface area (Å²) in [6.45, 7) is 5.05. The SMILES string of the molecule is CCCCCCCCCCCCCCOc1cccc(C(=O)O)c1CCOC(=O)CCC/C=C\C[C@@H]1[C@@H](/C=C/C[C@H](O)C2(CC)CCC2)[C@H](O)C[C@H]1Cl. The third-order valence-electron chi connectivity index (χ3n) is 11.9. The summed E-state index contributed by atoms with van der Waals surface area (Å²) in [7, 11) is 0. The molecule has 0 bridgehead atoms. The number of esters is 1. The van der Waals surface area contributed by atoms with Gasteiger partial charge >= 0.3 is 11.9 Å². The summed E-state index contributed by atoms with van der Waals surface area (Å²) >= 11 is 6.64. The van der Waals surface area contributed by atoms with Gasteiger partial charge in [-0.05, 0) is 81.3 Å². The fourth-order valence-corrected chi connectivity index (χ4v) is 8.65. The van der Waals surface area contributed by atoms with Crippen LogP contribution in [0.2, 0.25) is 0 Å². The van der Waals surface area contributed by atoms with E-state index in [1.54, 1.807) is 18.2 Å². The van der Waals surface area contributed by atoms with Crippen LogP contribution in [-0.4, -0.2) is 58.1 Å². The van der Waals surface area contributed by atoms with Gasteiger partial charge in [-0.15, -0.1) is 11.6 Å². The first-order valence-electron chi connectivity index (χ1n) is 21.2. The zero-order chi connectivity index (χ0) is 38.3. The maximum Gasteiger partial charge on any atom is 0.336 e. The number of aliphatic hydroxyl groups excluding tert-OH is 2. The van der Waals surface area contributed by atoms with Crippen molar-refractivity contribution in [1.29, 1.82) is 0 Å². The Labute approximate surface area is 326 Å². The molecule has 300 valence electrons. The molecule has 0 aliphatic heterocycles. The molecule has 0 aromatic heterocycles. The van der Waals surface area contributed by atoms with E-state index in [1.165, 1.54) is 70.6 Å². The normalized spacial score (nSPS) is 21.6. The number of aliphatic hydroxyl groups is 2. The Morgan fingerprint density at radius 2 is 1.60 bits per heavy atom. The van der Waals surface area contributed by atoms with Crippen molar-refractivity contribution >= 4 is 23.5 Å². The Hall–Kier alpha value is -2.35. The average Bonchev–Trinajstić information content (AvgIpc) is 3.39. The van der Waals surface area contributed by atoms with Crippen molar-refractivity contribution in [2.75, 3.05) is 13.2 Å². The number of hydrogen-bond acceptors (Lipinski definition) is 6. The van der Waals surface area contributed by atoms with Crippen LogP contribution in [0, 0.1) is 17.3 Å². The number of rotatable bonds is 29. The van der Waals surface area contributed by atoms with Gasteiger partial charge in [0.2, 0.25) is 0 Å². The van der Waals surface area contributed by atoms with Gasteiger partial charge in [0, 0.05) is 29.7 Å². The summed E-state index contributed by atoms with van der Waals surface area (Å²) < 4.78 is 11.5. The summed E-state index contributed by atoms with van der Waals surface area (Å²) in [6.07, 6.45) is 30.9. The van der Waals surface area contributed by atoms with E-state index in [4.69, 9.17) is 21.1 Å². The number of hydrogen-bond donors (Lipinski definition) is 3. The highest BCUT2D eigenvalue weighted by Crippen LogP contribution is 2.48. The first-order chi connectivity index (χ1) is 25.7. The molecule has 2 fully saturated rings. The highest BCUT2D eigenvalue weighted by Gasteiger charge is 2.42. The van der Waals surface area contributed by atoms with E-state index in [-0.39, 0.29) is 59.7 Å². The Balaban J connectivity index is 1.31. The Bertz CT molecular complexity index is 1240. The summed E-state index contributed by atoms with van der Waals surface area (Å²) in [4.78, 5) is 24.4. The van der Waals surface area contributed by atoms with Crippen molar-refractivity contribution in [3.8, 4) is 5.75 Å². The number of alkyl halides is 1. The molecule has 8 heteroatoms. The largest absolute Gasteiger partial charge is 0.493 e. The number of carboxylic acid groups (broad SMARTS) is 1. The van der Waals surface area contributed by atoms with Gasteiger partial charge in [0.25, 0.3) is 0 Å². The van der Waals surface area contributed by atoms with E-state index in [0.717, 1.165) is 44.9 Å². The standard InChI is InChI=1S/C45H71ClO7/c1-3-5-6-7-8-9-10-11-12-13-16-19-32-52-41-26-20-25-38(44(50)51)37(41)29-33-53-43(49)28-18-15-14-17-23-35-36(40(47)34-39(35)46)24-21-27-42(48)45(4-2)30-22-31-45/h14,17,20-21,24-26,35-36,39-40,42,47-48H,3-13,15-16,18-19,22-23,27-34H2,1-2H3,(H,50,51)/b17-14-,24-21+/t35-,36-,39-,40-,42+/m1/s1. The van der Waals surface area contributed by atoms with Crippen LogP contribution in [0.25, 0.3) is 0 Å². The van der Waals surface area contributed by atoms with E-state index in [2.05, 4.69) is 32.1 Å². The van der Waals surface area contributed by atoms with Crippen molar-refractivity contribution in [2.45, 2.75) is 179 Å². The number of allylic oxidation sites excluding steroid dienone is 2. The van der Waals surface area contributed by atoms with Crippen LogP contribution in [0.3, 0.4) is 0 Å². The number of carbonyl (C=O) groups is 2. The smallest absolute Gasteiger partial charge is 0.336 e. The Morgan fingerprint density at radius 1 is 0.925 bits per heavy atom. The molecule has 5 atom stereocenters. The monoisotopic (exact) mass is 758 g/mol. The molecule has 1 aromatic carbocycles. The molecule has 2 saturated carbocycles. The van der Waals surface area contributed by atoms with Gasteiger partial charge < -0.3 is 24.8 Å². The number of carboxylic acids is 1. The van der Waals surface area contributed by atoms with E-state index in [0.29, 0.717) is 37.2 Å². The summed E-state index contributed by atoms with van der Waals surface area (Å²) in [5.41, 5.74) is 0.816. The maximum absolute atomic E-state index is 12.5. The second-order valence-electron chi connectivity index (χ2n) is 15.7. The highest BCUT2D eigenvalue weighted by atomic mass is 35.5. The predicted octanol–water partition coefficient (Wildman–Crippen LogP) is 11.2. The van der Waals surface area contributed by atoms with Crippen LogP contribution in [0.1, 0.15) is 171 Å². The molecule has 53 heavy (non-hydrogen) atoms. The summed E-state index contributed by atoms with van der Waals surface area (Å²) in [5, 5.41) is 31.1. The molecule has 3 rings (SSSR count). The topological polar surface area (TPSA) is 113 Å². The molecule has 3 N–H and O–H groups in total. The number of aromatic carboxylic acids is 1. The number of ether oxygens (including phenoxy) is 2. The van der Waals surface area contributed by atoms with Gasteiger partial charge in [-0.1, -0.05) is 121 Å². The molecule has 0 amide bonds. The van der Waals surface area contributed by atoms with Gasteiger partial charge in [0.15, 0.2) is 0 Å². The fraction of sp³-hybridized carbons (Fsp3) is 0.733. The van der Waals surface area contributed by atoms with Crippen LogP contribution < -0.4 is 4.74 Å². The van der Waals surface area contributed by atoms with Gasteiger partial charge in [-0.25, -0.2) is 4.79 Å². The molecule has 7 nitrogen and oxygen atoms in total. The van der Waals surface area contributed by atoms with Crippen LogP contribution in [0.4, 0.5) is 0 Å². The molecule has 0 saturated heterocycles. The van der Waals surface area contributed by atoms with E-state index >= 15 is 0 Å². The van der Waals surface area contributed by atoms with E-state index < -0.39 is 12.1 Å². The van der Waals surface area contributed by atoms with Crippen LogP contribution >= 0.6 is 11.6 Å². The zero-order valence-corrected chi connectivity index (χ0v) is 33.7. The van der Waals surface area contributed by atoms with Crippen molar-refractivity contribution in [2.24, 2.45) is 17.3 Å². The molecule has 2 aliphatic carbocycles. The average molecular weight is 760 g/mol. The molecular formula is C45H71ClO7. The second-order valence-corrected chi connectivity index (χ2v) is 16.3. The van der Waals surface area contributed by atoms with Crippen molar-refractivity contribution in [1.82, 2.24) is 0 Å². The quantitative estimate of drug-likeness (QED) is 0.0322. The maximum atomic E-state index is 12.5. The third kappa shape index (κ3) is 15.7. The highest BCUT2D eigenvalue weighted by molar-refractivity contribution is 6.21. The number of carbonyl (C=O) groups excluding carboxylic acids is 1. The molecule has 0 spiro atoms. The minimum atomic E-state index is -1.02. The fourth-order valence-electron chi connectivity index (χ4n) is 8.19. The lowest BCUT2D eigenvalue weighted by molar-refractivity contribution is -0.143. The minimum Gasteiger partial charge on any atom is -0.493 e. The molecule has 0 radical (unpaired) electrons. The van der Waals surface area contributed by atoms with E-state index in [1.807, 2.05) is 6.08 Å². The predicted molar refractivity (Wildman–Crippen MR) is 216 cm³/mol. The Kier molecular flexibility index (Phi) is 21.8. The molecular weight excluding hydrogens is 688 g/mol. The molecule has 2 aliphatic rings. The van der Waals surface area contributed by atoms with Crippen LogP contribution in [0.5, 0.6) is 5.75 Å². The lowest BCUT2D eigenvalue weighted by Gasteiger charge is -2.45. The summed E-state index contributed by atoms with van der Waals surface area (Å²) in [6, 6.07) is 5.07. The van der Waals surface area contributed by atoms with Crippen molar-refractivity contribution < 1.29 is 34.4 Å². The van der Waals surface area contributed by atoms with Gasteiger partial charge in [-0.2, -0.15) is 0 Å². The molecule has 1 aromatic rings. The first-order valence-corrected chi connectivity index (χ1v) is 21.6. The summed E-state index contributed by atoms with van der Waals surface area (Å²) in [5.74, 6) is -0.676. The lowest BCUT2D eigenvalue weighted by atomic mass is 9.63. The number of benzene rings is 1. The second kappa shape index (κ2) is 25.7. The Morgan fingerprint density at radius 3 is 2.23 bits per heavy atom. The lowest BCUT2D eigenvalue weighted by Crippen LogP contribution is -2.40. The van der Waals surface area contributed by atoms with E-state index in [9.17, 15) is 24.9 Å². The van der Waals surface area contributed by atoms with Crippen molar-refractivity contribution in [3.63, 3.8) is 0 Å². The number of unbranched alkanes of at least 4 members (excludes halogenated alkanes) is 12. The molecule has 0 unspecified atom stereocenters.